The molecule has 6 heteroatoms. The average Bonchev–Trinajstić information content (AvgIpc) is 3.18. The summed E-state index contributed by atoms with van der Waals surface area (Å²) in [7, 11) is 0. The van der Waals surface area contributed by atoms with E-state index in [1.807, 2.05) is 11.1 Å². The van der Waals surface area contributed by atoms with Gasteiger partial charge in [0, 0.05) is 17.6 Å². The third-order valence-corrected chi connectivity index (χ3v) is 3.97. The van der Waals surface area contributed by atoms with Crippen molar-refractivity contribution in [1.29, 1.82) is 0 Å². The van der Waals surface area contributed by atoms with Crippen molar-refractivity contribution in [2.24, 2.45) is 10.3 Å². The van der Waals surface area contributed by atoms with Gasteiger partial charge in [-0.05, 0) is 53.0 Å². The Labute approximate surface area is 130 Å². The number of benzene rings is 1. The van der Waals surface area contributed by atoms with Crippen molar-refractivity contribution >= 4 is 27.4 Å². The van der Waals surface area contributed by atoms with Gasteiger partial charge in [-0.2, -0.15) is 0 Å². The Balaban J connectivity index is 1.93. The monoisotopic (exact) mass is 347 g/mol. The van der Waals surface area contributed by atoms with Gasteiger partial charge in [-0.15, -0.1) is 5.11 Å². The van der Waals surface area contributed by atoms with Crippen molar-refractivity contribution in [2.45, 2.75) is 12.8 Å². The minimum atomic E-state index is -0.198. The first-order valence-electron chi connectivity index (χ1n) is 6.79. The molecule has 1 aromatic carbocycles. The van der Waals surface area contributed by atoms with Crippen molar-refractivity contribution < 1.29 is 9.21 Å². The van der Waals surface area contributed by atoms with Crippen molar-refractivity contribution in [3.63, 3.8) is 0 Å². The first-order valence-corrected chi connectivity index (χ1v) is 7.58. The molecule has 0 saturated carbocycles. The largest absolute Gasteiger partial charge is 0.461 e. The van der Waals surface area contributed by atoms with Gasteiger partial charge in [0.2, 0.25) is 5.78 Å². The van der Waals surface area contributed by atoms with Crippen molar-refractivity contribution in [3.8, 4) is 0 Å². The fourth-order valence-electron chi connectivity index (χ4n) is 2.24. The van der Waals surface area contributed by atoms with Crippen LogP contribution in [0.4, 0.5) is 5.69 Å². The molecule has 0 amide bonds. The normalized spacial score (nSPS) is 15.0. The second kappa shape index (κ2) is 6.22. The number of ketones is 1. The Morgan fingerprint density at radius 3 is 2.71 bits per heavy atom. The highest BCUT2D eigenvalue weighted by molar-refractivity contribution is 9.10. The summed E-state index contributed by atoms with van der Waals surface area (Å²) in [6, 6.07) is 8.71. The standard InChI is InChI=1S/C15H14BrN3O2/c16-12-6-3-5-11(15(20)13-7-4-10-21-13)14(12)17-18-19-8-1-2-9-19/h3-7,10H,1-2,8-9H2. The second-order valence-electron chi connectivity index (χ2n) is 4.79. The number of hydrogen-bond acceptors (Lipinski definition) is 4. The molecule has 0 N–H and O–H groups in total. The van der Waals surface area contributed by atoms with Crippen LogP contribution >= 0.6 is 15.9 Å². The van der Waals surface area contributed by atoms with Crippen LogP contribution < -0.4 is 0 Å². The summed E-state index contributed by atoms with van der Waals surface area (Å²) >= 11 is 3.43. The number of halogens is 1. The van der Waals surface area contributed by atoms with Crippen molar-refractivity contribution in [2.75, 3.05) is 13.1 Å². The Hall–Kier alpha value is -1.95. The highest BCUT2D eigenvalue weighted by Gasteiger charge is 2.18. The molecule has 0 radical (unpaired) electrons. The van der Waals surface area contributed by atoms with E-state index in [1.54, 1.807) is 24.3 Å². The summed E-state index contributed by atoms with van der Waals surface area (Å²) < 4.78 is 5.91. The van der Waals surface area contributed by atoms with E-state index in [-0.39, 0.29) is 5.78 Å². The first kappa shape index (κ1) is 14.0. The zero-order valence-electron chi connectivity index (χ0n) is 11.3. The van der Waals surface area contributed by atoms with Crippen LogP contribution in [0.3, 0.4) is 0 Å². The van der Waals surface area contributed by atoms with E-state index >= 15 is 0 Å². The SMILES string of the molecule is O=C(c1ccco1)c1cccc(Br)c1N=NN1CCCC1. The van der Waals surface area contributed by atoms with Gasteiger partial charge in [0.1, 0.15) is 5.69 Å². The summed E-state index contributed by atoms with van der Waals surface area (Å²) in [5.41, 5.74) is 1.01. The lowest BCUT2D eigenvalue weighted by atomic mass is 10.1. The fraction of sp³-hybridized carbons (Fsp3) is 0.267. The van der Waals surface area contributed by atoms with Gasteiger partial charge in [-0.1, -0.05) is 11.3 Å². The molecule has 2 aromatic rings. The molecule has 0 unspecified atom stereocenters. The minimum Gasteiger partial charge on any atom is -0.461 e. The number of nitrogens with zero attached hydrogens (tertiary/aromatic N) is 3. The van der Waals surface area contributed by atoms with Crippen molar-refractivity contribution in [3.05, 3.63) is 52.4 Å². The van der Waals surface area contributed by atoms with E-state index in [1.165, 1.54) is 6.26 Å². The maximum atomic E-state index is 12.4. The molecule has 1 fully saturated rings. The number of carbonyl (C=O) groups excluding carboxylic acids is 1. The van der Waals surface area contributed by atoms with Crippen LogP contribution in [0.1, 0.15) is 29.0 Å². The van der Waals surface area contributed by atoms with Gasteiger partial charge in [-0.25, -0.2) is 0 Å². The molecule has 21 heavy (non-hydrogen) atoms. The van der Waals surface area contributed by atoms with Crippen LogP contribution in [0, 0.1) is 0 Å². The van der Waals surface area contributed by atoms with Gasteiger partial charge in [0.25, 0.3) is 0 Å². The third-order valence-electron chi connectivity index (χ3n) is 3.33. The van der Waals surface area contributed by atoms with Gasteiger partial charge in [0.15, 0.2) is 5.76 Å². The van der Waals surface area contributed by atoms with E-state index in [2.05, 4.69) is 26.3 Å². The lowest BCUT2D eigenvalue weighted by Crippen LogP contribution is -2.09. The minimum absolute atomic E-state index is 0.198. The third kappa shape index (κ3) is 3.05. The molecule has 1 aromatic heterocycles. The summed E-state index contributed by atoms with van der Waals surface area (Å²) in [6.07, 6.45) is 3.75. The molecular weight excluding hydrogens is 334 g/mol. The van der Waals surface area contributed by atoms with Crippen LogP contribution in [0.25, 0.3) is 0 Å². The lowest BCUT2D eigenvalue weighted by Gasteiger charge is -2.09. The molecule has 1 aliphatic heterocycles. The molecule has 2 heterocycles. The zero-order valence-corrected chi connectivity index (χ0v) is 12.9. The number of furan rings is 1. The molecule has 0 atom stereocenters. The first-order chi connectivity index (χ1) is 10.3. The molecule has 1 aliphatic rings. The van der Waals surface area contributed by atoms with Gasteiger partial charge in [-0.3, -0.25) is 9.80 Å². The zero-order chi connectivity index (χ0) is 14.7. The van der Waals surface area contributed by atoms with Crippen LogP contribution in [0.15, 0.2) is 55.8 Å². The predicted octanol–water partition coefficient (Wildman–Crippen LogP) is 4.37. The molecule has 0 spiro atoms. The molecule has 1 saturated heterocycles. The Morgan fingerprint density at radius 1 is 1.19 bits per heavy atom. The average molecular weight is 348 g/mol. The lowest BCUT2D eigenvalue weighted by molar-refractivity contribution is 0.101. The van der Waals surface area contributed by atoms with E-state index in [0.717, 1.165) is 30.4 Å². The van der Waals surface area contributed by atoms with Crippen LogP contribution in [-0.2, 0) is 0 Å². The summed E-state index contributed by atoms with van der Waals surface area (Å²) in [4.78, 5) is 12.4. The Kier molecular flexibility index (Phi) is 4.15. The highest BCUT2D eigenvalue weighted by atomic mass is 79.9. The maximum Gasteiger partial charge on any atom is 0.230 e. The topological polar surface area (TPSA) is 58.2 Å². The summed E-state index contributed by atoms with van der Waals surface area (Å²) in [5.74, 6) is 0.0994. The second-order valence-corrected chi connectivity index (χ2v) is 5.65. The fourth-order valence-corrected chi connectivity index (χ4v) is 2.68. The quantitative estimate of drug-likeness (QED) is 0.609. The Bertz CT molecular complexity index is 662. The number of rotatable bonds is 4. The smallest absolute Gasteiger partial charge is 0.230 e. The van der Waals surface area contributed by atoms with Crippen LogP contribution in [0.5, 0.6) is 0 Å². The Morgan fingerprint density at radius 2 is 2.00 bits per heavy atom. The van der Waals surface area contributed by atoms with Crippen LogP contribution in [0.2, 0.25) is 0 Å². The molecule has 0 aliphatic carbocycles. The van der Waals surface area contributed by atoms with Gasteiger partial charge >= 0.3 is 0 Å². The van der Waals surface area contributed by atoms with E-state index in [4.69, 9.17) is 4.42 Å². The van der Waals surface area contributed by atoms with Crippen LogP contribution in [-0.4, -0.2) is 23.9 Å². The molecular formula is C15H14BrN3O2. The summed E-state index contributed by atoms with van der Waals surface area (Å²) in [6.45, 7) is 1.82. The van der Waals surface area contributed by atoms with Gasteiger partial charge < -0.3 is 4.42 Å². The van der Waals surface area contributed by atoms with E-state index in [0.29, 0.717) is 17.0 Å². The highest BCUT2D eigenvalue weighted by Crippen LogP contribution is 2.31. The number of carbonyl (C=O) groups is 1. The number of hydrogen-bond donors (Lipinski definition) is 0. The molecule has 0 bridgehead atoms. The molecule has 3 rings (SSSR count). The van der Waals surface area contributed by atoms with E-state index < -0.39 is 0 Å². The summed E-state index contributed by atoms with van der Waals surface area (Å²) in [5, 5.41) is 10.4. The maximum absolute atomic E-state index is 12.4. The van der Waals surface area contributed by atoms with Gasteiger partial charge in [0.05, 0.1) is 11.8 Å². The molecule has 5 nitrogen and oxygen atoms in total. The predicted molar refractivity (Wildman–Crippen MR) is 81.6 cm³/mol. The molecule has 108 valence electrons. The van der Waals surface area contributed by atoms with Crippen molar-refractivity contribution in [1.82, 2.24) is 5.01 Å². The van der Waals surface area contributed by atoms with E-state index in [9.17, 15) is 4.79 Å².